The molecular weight excluding hydrogens is 551 g/mol. The average Bonchev–Trinajstić information content (AvgIpc) is 3.35. The molecule has 0 unspecified atom stereocenters. The third-order valence-corrected chi connectivity index (χ3v) is 8.92. The van der Waals surface area contributed by atoms with Crippen LogP contribution in [-0.4, -0.2) is 28.5 Å². The van der Waals surface area contributed by atoms with Crippen LogP contribution in [-0.2, 0) is 17.5 Å². The lowest BCUT2D eigenvalue weighted by Crippen LogP contribution is -2.25. The van der Waals surface area contributed by atoms with E-state index in [1.807, 2.05) is 12.1 Å². The topological polar surface area (TPSA) is 91.3 Å². The molecule has 1 aliphatic rings. The Bertz CT molecular complexity index is 1340. The van der Waals surface area contributed by atoms with E-state index < -0.39 is 17.7 Å². The summed E-state index contributed by atoms with van der Waals surface area (Å²) < 4.78 is 39.5. The fourth-order valence-electron chi connectivity index (χ4n) is 5.27. The van der Waals surface area contributed by atoms with Gasteiger partial charge in [0.15, 0.2) is 5.13 Å². The first-order valence-electron chi connectivity index (χ1n) is 13.8. The summed E-state index contributed by atoms with van der Waals surface area (Å²) in [6.07, 6.45) is -0.276. The Labute approximate surface area is 242 Å². The number of carboxylic acid groups (broad SMARTS) is 1. The van der Waals surface area contributed by atoms with Gasteiger partial charge in [0.2, 0.25) is 0 Å². The first-order chi connectivity index (χ1) is 19.3. The maximum atomic E-state index is 13.2. The number of benzene rings is 2. The molecule has 0 aliphatic heterocycles. The molecule has 0 saturated heterocycles. The summed E-state index contributed by atoms with van der Waals surface area (Å²) in [5.41, 5.74) is 2.33. The van der Waals surface area contributed by atoms with Crippen LogP contribution in [0.4, 0.5) is 18.3 Å². The van der Waals surface area contributed by atoms with Gasteiger partial charge in [-0.1, -0.05) is 45.0 Å². The van der Waals surface area contributed by atoms with E-state index in [9.17, 15) is 22.8 Å². The van der Waals surface area contributed by atoms with Crippen molar-refractivity contribution in [3.05, 3.63) is 70.1 Å². The molecule has 6 nitrogen and oxygen atoms in total. The van der Waals surface area contributed by atoms with Gasteiger partial charge in [-0.25, -0.2) is 4.98 Å². The lowest BCUT2D eigenvalue weighted by atomic mass is 9.69. The molecule has 1 fully saturated rings. The van der Waals surface area contributed by atoms with Crippen LogP contribution in [0.3, 0.4) is 0 Å². The molecule has 2 aromatic carbocycles. The fraction of sp³-hybridized carbons (Fsp3) is 0.452. The van der Waals surface area contributed by atoms with E-state index in [1.165, 1.54) is 12.1 Å². The number of nitrogens with one attached hydrogen (secondary N) is 2. The summed E-state index contributed by atoms with van der Waals surface area (Å²) in [6, 6.07) is 12.2. The van der Waals surface area contributed by atoms with Gasteiger partial charge in [-0.05, 0) is 72.8 Å². The fourth-order valence-corrected chi connectivity index (χ4v) is 6.42. The number of hydrogen-bond donors (Lipinski definition) is 3. The number of nitrogens with zero attached hydrogens (tertiary/aromatic N) is 1. The number of alkyl halides is 3. The van der Waals surface area contributed by atoms with Gasteiger partial charge >= 0.3 is 12.1 Å². The van der Waals surface area contributed by atoms with Crippen molar-refractivity contribution >= 4 is 28.3 Å². The number of amides is 1. The Morgan fingerprint density at radius 3 is 2.17 bits per heavy atom. The lowest BCUT2D eigenvalue weighted by Gasteiger charge is -2.36. The predicted molar refractivity (Wildman–Crippen MR) is 155 cm³/mol. The smallest absolute Gasteiger partial charge is 0.416 e. The minimum absolute atomic E-state index is 0.0585. The van der Waals surface area contributed by atoms with Gasteiger partial charge in [0.1, 0.15) is 0 Å². The highest BCUT2D eigenvalue weighted by molar-refractivity contribution is 7.16. The van der Waals surface area contributed by atoms with Gasteiger partial charge < -0.3 is 15.7 Å². The summed E-state index contributed by atoms with van der Waals surface area (Å²) in [6.45, 7) is 7.34. The van der Waals surface area contributed by atoms with Crippen molar-refractivity contribution < 1.29 is 27.9 Å². The zero-order valence-electron chi connectivity index (χ0n) is 23.5. The second-order valence-corrected chi connectivity index (χ2v) is 12.7. The van der Waals surface area contributed by atoms with Crippen LogP contribution in [0, 0.1) is 11.3 Å². The Morgan fingerprint density at radius 2 is 1.61 bits per heavy atom. The maximum Gasteiger partial charge on any atom is 0.416 e. The van der Waals surface area contributed by atoms with Crippen molar-refractivity contribution in [1.29, 1.82) is 0 Å². The number of carboxylic acids is 1. The molecule has 1 aromatic heterocycles. The van der Waals surface area contributed by atoms with Gasteiger partial charge in [-0.3, -0.25) is 9.59 Å². The van der Waals surface area contributed by atoms with Crippen LogP contribution >= 0.6 is 11.3 Å². The zero-order valence-corrected chi connectivity index (χ0v) is 24.3. The molecule has 3 aromatic rings. The van der Waals surface area contributed by atoms with Crippen LogP contribution in [0.2, 0.25) is 0 Å². The molecule has 1 aliphatic carbocycles. The predicted octanol–water partition coefficient (Wildman–Crippen LogP) is 7.97. The van der Waals surface area contributed by atoms with E-state index >= 15 is 0 Å². The molecule has 0 atom stereocenters. The van der Waals surface area contributed by atoms with Gasteiger partial charge in [-0.2, -0.15) is 13.2 Å². The van der Waals surface area contributed by atoms with Crippen LogP contribution in [0.5, 0.6) is 0 Å². The number of hydrogen-bond acceptors (Lipinski definition) is 5. The lowest BCUT2D eigenvalue weighted by molar-refractivity contribution is -0.138. The van der Waals surface area contributed by atoms with Crippen molar-refractivity contribution in [3.63, 3.8) is 0 Å². The number of carbonyl (C=O) groups is 2. The Hall–Kier alpha value is -3.40. The highest BCUT2D eigenvalue weighted by atomic mass is 32.1. The van der Waals surface area contributed by atoms with Crippen molar-refractivity contribution in [3.8, 4) is 11.3 Å². The monoisotopic (exact) mass is 587 g/mol. The summed E-state index contributed by atoms with van der Waals surface area (Å²) in [4.78, 5) is 28.8. The first kappa shape index (κ1) is 30.6. The third-order valence-electron chi connectivity index (χ3n) is 7.75. The summed E-state index contributed by atoms with van der Waals surface area (Å²) >= 11 is 1.56. The van der Waals surface area contributed by atoms with E-state index in [4.69, 9.17) is 10.1 Å². The number of thiazole rings is 1. The van der Waals surface area contributed by atoms with Crippen LogP contribution in [0.15, 0.2) is 48.5 Å². The Balaban J connectivity index is 1.49. The summed E-state index contributed by atoms with van der Waals surface area (Å²) in [5, 5.41) is 15.4. The number of aliphatic carboxylic acids is 1. The van der Waals surface area contributed by atoms with Crippen LogP contribution in [0.1, 0.15) is 85.2 Å². The van der Waals surface area contributed by atoms with E-state index in [1.54, 1.807) is 23.5 Å². The number of anilines is 1. The number of rotatable bonds is 9. The molecule has 1 saturated carbocycles. The maximum absolute atomic E-state index is 13.2. The van der Waals surface area contributed by atoms with Gasteiger partial charge in [0, 0.05) is 29.1 Å². The van der Waals surface area contributed by atoms with Gasteiger partial charge in [-0.15, -0.1) is 11.3 Å². The Morgan fingerprint density at radius 1 is 0.976 bits per heavy atom. The van der Waals surface area contributed by atoms with Gasteiger partial charge in [0.25, 0.3) is 5.91 Å². The van der Waals surface area contributed by atoms with Crippen LogP contribution in [0.25, 0.3) is 11.3 Å². The van der Waals surface area contributed by atoms with Crippen LogP contribution < -0.4 is 10.6 Å². The zero-order chi connectivity index (χ0) is 29.8. The second kappa shape index (κ2) is 12.6. The molecule has 3 N–H and O–H groups in total. The summed E-state index contributed by atoms with van der Waals surface area (Å²) in [5.74, 6) is -0.368. The van der Waals surface area contributed by atoms with E-state index in [0.29, 0.717) is 34.6 Å². The molecule has 41 heavy (non-hydrogen) atoms. The third kappa shape index (κ3) is 8.09. The van der Waals surface area contributed by atoms with Crippen molar-refractivity contribution in [2.75, 3.05) is 11.9 Å². The molecule has 1 amide bonds. The highest BCUT2D eigenvalue weighted by Gasteiger charge is 2.33. The van der Waals surface area contributed by atoms with E-state index in [-0.39, 0.29) is 24.3 Å². The largest absolute Gasteiger partial charge is 0.481 e. The normalized spacial score (nSPS) is 17.7. The first-order valence-corrected chi connectivity index (χ1v) is 14.6. The quantitative estimate of drug-likeness (QED) is 0.236. The average molecular weight is 588 g/mol. The molecule has 1 heterocycles. The van der Waals surface area contributed by atoms with Crippen molar-refractivity contribution in [1.82, 2.24) is 10.3 Å². The molecule has 10 heteroatoms. The molecule has 0 bridgehead atoms. The SMILES string of the molecule is CC(C)(C)C1CCC(c2sc(NCc3ccc(C(=O)NCCC(=O)O)cc3)nc2-c2ccc(C(F)(F)F)cc2)CC1. The summed E-state index contributed by atoms with van der Waals surface area (Å²) in [7, 11) is 0. The number of aromatic nitrogens is 1. The minimum Gasteiger partial charge on any atom is -0.481 e. The molecule has 0 spiro atoms. The standard InChI is InChI=1S/C31H36F3N3O3S/c1-30(2,3)23-12-10-21(11-13-23)27-26(20-8-14-24(15-9-20)31(32,33)34)37-29(41-27)36-18-19-4-6-22(7-5-19)28(40)35-17-16-25(38)39/h4-9,14-15,21,23H,10-13,16-18H2,1-3H3,(H,35,40)(H,36,37)(H,38,39). The van der Waals surface area contributed by atoms with E-state index in [0.717, 1.165) is 54.0 Å². The molecule has 220 valence electrons. The molecule has 0 radical (unpaired) electrons. The highest BCUT2D eigenvalue weighted by Crippen LogP contribution is 2.47. The second-order valence-electron chi connectivity index (χ2n) is 11.7. The Kier molecular flexibility index (Phi) is 9.41. The van der Waals surface area contributed by atoms with Crippen molar-refractivity contribution in [2.45, 2.75) is 71.5 Å². The number of halogens is 3. The minimum atomic E-state index is -4.39. The van der Waals surface area contributed by atoms with Crippen molar-refractivity contribution in [2.24, 2.45) is 11.3 Å². The van der Waals surface area contributed by atoms with E-state index in [2.05, 4.69) is 31.4 Å². The van der Waals surface area contributed by atoms with Gasteiger partial charge in [0.05, 0.1) is 17.7 Å². The number of carbonyl (C=O) groups excluding carboxylic acids is 1. The molecular formula is C31H36F3N3O3S. The molecule has 4 rings (SSSR count).